The van der Waals surface area contributed by atoms with Gasteiger partial charge in [0.1, 0.15) is 16.9 Å². The molecule has 1 aliphatic rings. The van der Waals surface area contributed by atoms with E-state index in [1.165, 1.54) is 12.1 Å². The summed E-state index contributed by atoms with van der Waals surface area (Å²) in [4.78, 5) is 23.5. The van der Waals surface area contributed by atoms with Gasteiger partial charge in [0.05, 0.1) is 24.8 Å². The van der Waals surface area contributed by atoms with Gasteiger partial charge in [0, 0.05) is 25.4 Å². The normalized spacial score (nSPS) is 16.3. The van der Waals surface area contributed by atoms with Crippen molar-refractivity contribution in [2.75, 3.05) is 36.5 Å². The van der Waals surface area contributed by atoms with Gasteiger partial charge in [0.25, 0.3) is 0 Å². The van der Waals surface area contributed by atoms with Gasteiger partial charge in [-0.15, -0.1) is 0 Å². The average Bonchev–Trinajstić information content (AvgIpc) is 3.18. The van der Waals surface area contributed by atoms with Gasteiger partial charge in [-0.1, -0.05) is 6.92 Å². The second-order valence-corrected chi connectivity index (χ2v) is 8.11. The number of aryl methyl sites for hydroxylation is 1. The number of nitrogens with two attached hydrogens (primary N) is 1. The van der Waals surface area contributed by atoms with Crippen molar-refractivity contribution in [1.29, 1.82) is 0 Å². The third kappa shape index (κ3) is 5.05. The Morgan fingerprint density at radius 3 is 2.76 bits per heavy atom. The Morgan fingerprint density at radius 1 is 1.27 bits per heavy atom. The first-order chi connectivity index (χ1) is 16.0. The number of fused-ring (bicyclic) bond motifs is 1. The predicted octanol–water partition coefficient (Wildman–Crippen LogP) is 3.01. The minimum absolute atomic E-state index is 0.230. The smallest absolute Gasteiger partial charge is 0.228 e. The Kier molecular flexibility index (Phi) is 7.02. The van der Waals surface area contributed by atoms with Crippen LogP contribution in [0.4, 0.5) is 21.8 Å². The molecule has 176 valence electrons. The van der Waals surface area contributed by atoms with Crippen molar-refractivity contribution in [1.82, 2.24) is 19.7 Å². The van der Waals surface area contributed by atoms with Crippen molar-refractivity contribution in [3.05, 3.63) is 35.8 Å². The number of piperidine rings is 1. The molecular formula is C23H30FN7O2. The Bertz CT molecular complexity index is 1120. The number of hydrogen-bond acceptors (Lipinski definition) is 7. The SMILES string of the molecule is CCOCCn1nc(CC)c2nc(N3CCCC(C(N)=O)C3)nc(Nc3ccc(F)cc3)c21. The number of carbonyl (C=O) groups excluding carboxylic acids is 1. The summed E-state index contributed by atoms with van der Waals surface area (Å²) in [6.07, 6.45) is 2.31. The molecule has 33 heavy (non-hydrogen) atoms. The molecule has 1 unspecified atom stereocenters. The molecular weight excluding hydrogens is 425 g/mol. The maximum Gasteiger partial charge on any atom is 0.228 e. The van der Waals surface area contributed by atoms with Crippen molar-refractivity contribution in [3.63, 3.8) is 0 Å². The lowest BCUT2D eigenvalue weighted by Crippen LogP contribution is -2.42. The molecule has 0 aliphatic carbocycles. The highest BCUT2D eigenvalue weighted by atomic mass is 19.1. The highest BCUT2D eigenvalue weighted by Crippen LogP contribution is 2.30. The van der Waals surface area contributed by atoms with Gasteiger partial charge in [-0.2, -0.15) is 10.1 Å². The highest BCUT2D eigenvalue weighted by molar-refractivity contribution is 5.90. The van der Waals surface area contributed by atoms with Crippen LogP contribution in [-0.2, 0) is 22.5 Å². The number of primary amides is 1. The summed E-state index contributed by atoms with van der Waals surface area (Å²) in [5.74, 6) is 0.257. The Labute approximate surface area is 192 Å². The minimum Gasteiger partial charge on any atom is -0.380 e. The van der Waals surface area contributed by atoms with Crippen LogP contribution in [0.15, 0.2) is 24.3 Å². The van der Waals surface area contributed by atoms with Gasteiger partial charge in [0.15, 0.2) is 5.82 Å². The van der Waals surface area contributed by atoms with E-state index in [-0.39, 0.29) is 17.6 Å². The molecule has 3 heterocycles. The van der Waals surface area contributed by atoms with Crippen LogP contribution in [0.2, 0.25) is 0 Å². The maximum atomic E-state index is 13.4. The van der Waals surface area contributed by atoms with Crippen LogP contribution in [0.1, 0.15) is 32.4 Å². The zero-order valence-corrected chi connectivity index (χ0v) is 19.1. The summed E-state index contributed by atoms with van der Waals surface area (Å²) in [5, 5.41) is 8.09. The molecule has 4 rings (SSSR count). The van der Waals surface area contributed by atoms with E-state index in [4.69, 9.17) is 25.5 Å². The minimum atomic E-state index is -0.310. The molecule has 1 aliphatic heterocycles. The molecule has 0 radical (unpaired) electrons. The lowest BCUT2D eigenvalue weighted by molar-refractivity contribution is -0.122. The fourth-order valence-electron chi connectivity index (χ4n) is 4.12. The van der Waals surface area contributed by atoms with E-state index in [1.807, 2.05) is 23.4 Å². The molecule has 1 fully saturated rings. The summed E-state index contributed by atoms with van der Waals surface area (Å²) < 4.78 is 20.8. The second kappa shape index (κ2) is 10.1. The van der Waals surface area contributed by atoms with E-state index in [0.717, 1.165) is 36.1 Å². The van der Waals surface area contributed by atoms with E-state index in [9.17, 15) is 9.18 Å². The first-order valence-electron chi connectivity index (χ1n) is 11.4. The Balaban J connectivity index is 1.79. The molecule has 0 bridgehead atoms. The van der Waals surface area contributed by atoms with Crippen molar-refractivity contribution in [3.8, 4) is 0 Å². The van der Waals surface area contributed by atoms with Crippen LogP contribution in [0.3, 0.4) is 0 Å². The standard InChI is InChI=1S/C23H30FN7O2/c1-3-18-19-20(31(29-18)12-13-33-4-2)22(26-17-9-7-16(24)8-10-17)28-23(27-19)30-11-5-6-15(14-30)21(25)32/h7-10,15H,3-6,11-14H2,1-2H3,(H2,25,32)(H,26,27,28). The first kappa shape index (κ1) is 22.9. The molecule has 3 aromatic rings. The van der Waals surface area contributed by atoms with Gasteiger partial charge in [-0.3, -0.25) is 9.48 Å². The molecule has 0 spiro atoms. The largest absolute Gasteiger partial charge is 0.380 e. The highest BCUT2D eigenvalue weighted by Gasteiger charge is 2.27. The van der Waals surface area contributed by atoms with Crippen molar-refractivity contribution in [2.45, 2.75) is 39.7 Å². The molecule has 0 saturated carbocycles. The molecule has 1 saturated heterocycles. The van der Waals surface area contributed by atoms with Gasteiger partial charge < -0.3 is 20.7 Å². The fraction of sp³-hybridized carbons (Fsp3) is 0.478. The second-order valence-electron chi connectivity index (χ2n) is 8.11. The molecule has 1 atom stereocenters. The zero-order chi connectivity index (χ0) is 23.4. The maximum absolute atomic E-state index is 13.4. The topological polar surface area (TPSA) is 111 Å². The number of benzene rings is 1. The van der Waals surface area contributed by atoms with Crippen LogP contribution in [-0.4, -0.2) is 52.0 Å². The Hall–Kier alpha value is -3.27. The molecule has 3 N–H and O–H groups in total. The van der Waals surface area contributed by atoms with E-state index < -0.39 is 0 Å². The molecule has 1 amide bonds. The van der Waals surface area contributed by atoms with Crippen LogP contribution < -0.4 is 16.0 Å². The summed E-state index contributed by atoms with van der Waals surface area (Å²) in [6, 6.07) is 6.12. The summed E-state index contributed by atoms with van der Waals surface area (Å²) >= 11 is 0. The molecule has 9 nitrogen and oxygen atoms in total. The fourth-order valence-corrected chi connectivity index (χ4v) is 4.12. The number of nitrogens with one attached hydrogen (secondary N) is 1. The molecule has 10 heteroatoms. The number of amides is 1. The lowest BCUT2D eigenvalue weighted by atomic mass is 9.98. The van der Waals surface area contributed by atoms with Crippen molar-refractivity contribution < 1.29 is 13.9 Å². The number of hydrogen-bond donors (Lipinski definition) is 2. The molecule has 1 aromatic carbocycles. The number of carbonyl (C=O) groups is 1. The summed E-state index contributed by atoms with van der Waals surface area (Å²) in [7, 11) is 0. The van der Waals surface area contributed by atoms with Crippen LogP contribution in [0.25, 0.3) is 11.0 Å². The number of nitrogens with zero attached hydrogens (tertiary/aromatic N) is 5. The lowest BCUT2D eigenvalue weighted by Gasteiger charge is -2.31. The van der Waals surface area contributed by atoms with Gasteiger partial charge >= 0.3 is 0 Å². The van der Waals surface area contributed by atoms with Gasteiger partial charge in [-0.25, -0.2) is 9.37 Å². The average molecular weight is 456 g/mol. The quantitative estimate of drug-likeness (QED) is 0.477. The number of halogens is 1. The Morgan fingerprint density at radius 2 is 2.06 bits per heavy atom. The van der Waals surface area contributed by atoms with E-state index >= 15 is 0 Å². The summed E-state index contributed by atoms with van der Waals surface area (Å²) in [6.45, 7) is 6.90. The van der Waals surface area contributed by atoms with Gasteiger partial charge in [-0.05, 0) is 50.5 Å². The zero-order valence-electron chi connectivity index (χ0n) is 19.1. The monoisotopic (exact) mass is 455 g/mol. The predicted molar refractivity (Wildman–Crippen MR) is 125 cm³/mol. The first-order valence-corrected chi connectivity index (χ1v) is 11.4. The summed E-state index contributed by atoms with van der Waals surface area (Å²) in [5.41, 5.74) is 8.65. The number of rotatable bonds is 9. The number of anilines is 3. The van der Waals surface area contributed by atoms with Crippen molar-refractivity contribution in [2.24, 2.45) is 11.7 Å². The van der Waals surface area contributed by atoms with E-state index in [0.29, 0.717) is 50.2 Å². The number of ether oxygens (including phenoxy) is 1. The van der Waals surface area contributed by atoms with E-state index in [1.54, 1.807) is 12.1 Å². The third-order valence-electron chi connectivity index (χ3n) is 5.85. The van der Waals surface area contributed by atoms with Gasteiger partial charge in [0.2, 0.25) is 11.9 Å². The van der Waals surface area contributed by atoms with Crippen LogP contribution in [0.5, 0.6) is 0 Å². The van der Waals surface area contributed by atoms with Crippen LogP contribution in [0, 0.1) is 11.7 Å². The molecule has 2 aromatic heterocycles. The number of aromatic nitrogens is 4. The third-order valence-corrected chi connectivity index (χ3v) is 5.85. The van der Waals surface area contributed by atoms with E-state index in [2.05, 4.69) is 5.32 Å². The van der Waals surface area contributed by atoms with Crippen LogP contribution >= 0.6 is 0 Å². The van der Waals surface area contributed by atoms with Crippen molar-refractivity contribution >= 4 is 34.4 Å².